The van der Waals surface area contributed by atoms with Gasteiger partial charge in [0.1, 0.15) is 0 Å². The van der Waals surface area contributed by atoms with Crippen molar-refractivity contribution in [3.63, 3.8) is 0 Å². The number of aromatic nitrogens is 2. The lowest BCUT2D eigenvalue weighted by Crippen LogP contribution is -2.31. The Bertz CT molecular complexity index is 436. The molecule has 1 aromatic rings. The first-order valence-electron chi connectivity index (χ1n) is 8.31. The van der Waals surface area contributed by atoms with Gasteiger partial charge in [-0.15, -0.1) is 0 Å². The van der Waals surface area contributed by atoms with E-state index in [0.717, 1.165) is 24.9 Å². The van der Waals surface area contributed by atoms with Crippen LogP contribution in [0, 0.1) is 25.7 Å². The van der Waals surface area contributed by atoms with Crippen LogP contribution in [0.1, 0.15) is 69.4 Å². The molecule has 3 nitrogen and oxygen atoms in total. The second-order valence-corrected chi connectivity index (χ2v) is 6.55. The number of hydrogen-bond donors (Lipinski definition) is 1. The van der Waals surface area contributed by atoms with Crippen molar-refractivity contribution >= 4 is 0 Å². The summed E-state index contributed by atoms with van der Waals surface area (Å²) in [4.78, 5) is 0. The Kier molecular flexibility index (Phi) is 5.25. The molecule has 0 bridgehead atoms. The number of aryl methyl sites for hydroxylation is 2. The van der Waals surface area contributed by atoms with Crippen molar-refractivity contribution in [2.75, 3.05) is 6.54 Å². The van der Waals surface area contributed by atoms with Crippen LogP contribution in [0.25, 0.3) is 0 Å². The molecule has 0 aromatic carbocycles. The van der Waals surface area contributed by atoms with E-state index in [1.165, 1.54) is 42.6 Å². The summed E-state index contributed by atoms with van der Waals surface area (Å²) in [5.74, 6) is 1.73. The van der Waals surface area contributed by atoms with Gasteiger partial charge in [0.15, 0.2) is 0 Å². The van der Waals surface area contributed by atoms with Gasteiger partial charge in [0.2, 0.25) is 0 Å². The molecule has 1 aliphatic carbocycles. The molecular formula is C17H31N3. The van der Waals surface area contributed by atoms with Crippen LogP contribution in [0.4, 0.5) is 0 Å². The second kappa shape index (κ2) is 6.75. The van der Waals surface area contributed by atoms with E-state index in [1.54, 1.807) is 0 Å². The fourth-order valence-electron chi connectivity index (χ4n) is 3.77. The zero-order chi connectivity index (χ0) is 14.7. The van der Waals surface area contributed by atoms with Gasteiger partial charge < -0.3 is 5.32 Å². The van der Waals surface area contributed by atoms with Crippen molar-refractivity contribution in [3.05, 3.63) is 17.0 Å². The van der Waals surface area contributed by atoms with E-state index in [4.69, 9.17) is 0 Å². The Morgan fingerprint density at radius 1 is 1.30 bits per heavy atom. The summed E-state index contributed by atoms with van der Waals surface area (Å²) < 4.78 is 2.12. The van der Waals surface area contributed by atoms with E-state index in [1.807, 2.05) is 0 Å². The van der Waals surface area contributed by atoms with Gasteiger partial charge in [-0.25, -0.2) is 0 Å². The quantitative estimate of drug-likeness (QED) is 0.881. The summed E-state index contributed by atoms with van der Waals surface area (Å²) in [7, 11) is 0. The van der Waals surface area contributed by atoms with Crippen LogP contribution >= 0.6 is 0 Å². The van der Waals surface area contributed by atoms with E-state index in [2.05, 4.69) is 49.7 Å². The monoisotopic (exact) mass is 277 g/mol. The molecular weight excluding hydrogens is 246 g/mol. The molecule has 1 saturated carbocycles. The number of rotatable bonds is 5. The van der Waals surface area contributed by atoms with Crippen molar-refractivity contribution in [1.29, 1.82) is 0 Å². The molecule has 1 N–H and O–H groups in total. The van der Waals surface area contributed by atoms with Gasteiger partial charge in [-0.1, -0.05) is 26.2 Å². The normalized spacial score (nSPS) is 24.9. The van der Waals surface area contributed by atoms with Crippen molar-refractivity contribution in [2.24, 2.45) is 11.8 Å². The van der Waals surface area contributed by atoms with E-state index in [-0.39, 0.29) is 0 Å². The molecule has 3 atom stereocenters. The highest BCUT2D eigenvalue weighted by atomic mass is 15.3. The fraction of sp³-hybridized carbons (Fsp3) is 0.824. The molecule has 0 aliphatic heterocycles. The third-order valence-electron chi connectivity index (χ3n) is 5.15. The lowest BCUT2D eigenvalue weighted by molar-refractivity contribution is 0.242. The predicted octanol–water partition coefficient (Wildman–Crippen LogP) is 4.00. The highest BCUT2D eigenvalue weighted by molar-refractivity contribution is 5.27. The molecule has 0 spiro atoms. The zero-order valence-corrected chi connectivity index (χ0v) is 13.9. The van der Waals surface area contributed by atoms with Crippen molar-refractivity contribution in [1.82, 2.24) is 15.1 Å². The molecule has 114 valence electrons. The molecule has 0 amide bonds. The van der Waals surface area contributed by atoms with Crippen LogP contribution in [0.3, 0.4) is 0 Å². The lowest BCUT2D eigenvalue weighted by atomic mass is 9.80. The molecule has 1 aliphatic rings. The van der Waals surface area contributed by atoms with Gasteiger partial charge in [0.25, 0.3) is 0 Å². The summed E-state index contributed by atoms with van der Waals surface area (Å²) >= 11 is 0. The first-order valence-corrected chi connectivity index (χ1v) is 8.31. The van der Waals surface area contributed by atoms with Crippen LogP contribution in [0.5, 0.6) is 0 Å². The molecule has 20 heavy (non-hydrogen) atoms. The molecule has 1 aromatic heterocycles. The summed E-state index contributed by atoms with van der Waals surface area (Å²) in [5, 5.41) is 8.40. The largest absolute Gasteiger partial charge is 0.310 e. The highest BCUT2D eigenvalue weighted by Crippen LogP contribution is 2.30. The van der Waals surface area contributed by atoms with Gasteiger partial charge in [-0.3, -0.25) is 4.68 Å². The third kappa shape index (κ3) is 3.25. The molecule has 1 heterocycles. The Hall–Kier alpha value is -0.830. The second-order valence-electron chi connectivity index (χ2n) is 6.55. The minimum Gasteiger partial charge on any atom is -0.310 e. The maximum atomic E-state index is 4.64. The summed E-state index contributed by atoms with van der Waals surface area (Å²) in [6.07, 6.45) is 5.64. The molecule has 3 heteroatoms. The van der Waals surface area contributed by atoms with Crippen LogP contribution in [0.2, 0.25) is 0 Å². The fourth-order valence-corrected chi connectivity index (χ4v) is 3.77. The standard InChI is InChI=1S/C17H31N3/c1-6-20-15(5)17(14(4)19-20)13(3)18-11-16-10-8-7-9-12(16)2/h12-13,16,18H,6-11H2,1-5H3. The Morgan fingerprint density at radius 2 is 2.00 bits per heavy atom. The Labute approximate surface area is 124 Å². The Balaban J connectivity index is 1.98. The number of nitrogens with one attached hydrogen (secondary N) is 1. The number of hydrogen-bond acceptors (Lipinski definition) is 2. The van der Waals surface area contributed by atoms with Gasteiger partial charge in [-0.05, 0) is 52.5 Å². The third-order valence-corrected chi connectivity index (χ3v) is 5.15. The summed E-state index contributed by atoms with van der Waals surface area (Å²) in [5.41, 5.74) is 3.90. The van der Waals surface area contributed by atoms with Gasteiger partial charge in [-0.2, -0.15) is 5.10 Å². The SMILES string of the molecule is CCn1nc(C)c(C(C)NCC2CCCCC2C)c1C. The lowest BCUT2D eigenvalue weighted by Gasteiger charge is -2.30. The van der Waals surface area contributed by atoms with E-state index in [9.17, 15) is 0 Å². The van der Waals surface area contributed by atoms with Gasteiger partial charge in [0.05, 0.1) is 5.69 Å². The van der Waals surface area contributed by atoms with Crippen LogP contribution in [-0.2, 0) is 6.54 Å². The minimum absolute atomic E-state index is 0.407. The van der Waals surface area contributed by atoms with Gasteiger partial charge in [0, 0.05) is 23.8 Å². The van der Waals surface area contributed by atoms with Crippen LogP contribution < -0.4 is 5.32 Å². The maximum Gasteiger partial charge on any atom is 0.0644 e. The van der Waals surface area contributed by atoms with Crippen molar-refractivity contribution in [2.45, 2.75) is 72.9 Å². The topological polar surface area (TPSA) is 29.9 Å². The van der Waals surface area contributed by atoms with E-state index in [0.29, 0.717) is 6.04 Å². The van der Waals surface area contributed by atoms with Crippen molar-refractivity contribution in [3.8, 4) is 0 Å². The molecule has 0 saturated heterocycles. The highest BCUT2D eigenvalue weighted by Gasteiger charge is 2.23. The van der Waals surface area contributed by atoms with E-state index < -0.39 is 0 Å². The minimum atomic E-state index is 0.407. The molecule has 1 fully saturated rings. The maximum absolute atomic E-state index is 4.64. The first kappa shape index (κ1) is 15.6. The molecule has 0 radical (unpaired) electrons. The number of nitrogens with zero attached hydrogens (tertiary/aromatic N) is 2. The van der Waals surface area contributed by atoms with Gasteiger partial charge >= 0.3 is 0 Å². The van der Waals surface area contributed by atoms with E-state index >= 15 is 0 Å². The van der Waals surface area contributed by atoms with Crippen LogP contribution in [0.15, 0.2) is 0 Å². The first-order chi connectivity index (χ1) is 9.54. The zero-order valence-electron chi connectivity index (χ0n) is 13.9. The predicted molar refractivity (Wildman–Crippen MR) is 84.9 cm³/mol. The average Bonchev–Trinajstić information content (AvgIpc) is 2.72. The summed E-state index contributed by atoms with van der Waals surface area (Å²) in [6, 6.07) is 0.407. The smallest absolute Gasteiger partial charge is 0.0644 e. The van der Waals surface area contributed by atoms with Crippen LogP contribution in [-0.4, -0.2) is 16.3 Å². The van der Waals surface area contributed by atoms with Crippen molar-refractivity contribution < 1.29 is 0 Å². The molecule has 3 unspecified atom stereocenters. The Morgan fingerprint density at radius 3 is 2.60 bits per heavy atom. The average molecular weight is 277 g/mol. The molecule has 2 rings (SSSR count). The summed E-state index contributed by atoms with van der Waals surface area (Å²) in [6.45, 7) is 13.3.